The van der Waals surface area contributed by atoms with E-state index in [0.29, 0.717) is 29.5 Å². The summed E-state index contributed by atoms with van der Waals surface area (Å²) in [4.78, 5) is 16.8. The zero-order chi connectivity index (χ0) is 18.3. The fraction of sp³-hybridized carbons (Fsp3) is 0.667. The minimum Gasteiger partial charge on any atom is -0.342 e. The molecule has 1 amide bonds. The van der Waals surface area contributed by atoms with Gasteiger partial charge in [-0.05, 0) is 69.2 Å². The van der Waals surface area contributed by atoms with Crippen LogP contribution in [0.5, 0.6) is 0 Å². The Morgan fingerprint density at radius 3 is 2.58 bits per heavy atom. The van der Waals surface area contributed by atoms with E-state index in [2.05, 4.69) is 11.8 Å². The lowest BCUT2D eigenvalue weighted by Gasteiger charge is -2.42. The number of hydrogen-bond acceptors (Lipinski definition) is 2. The largest absolute Gasteiger partial charge is 0.342 e. The maximum Gasteiger partial charge on any atom is 0.225 e. The number of hydrogen-bond donors (Lipinski definition) is 0. The second kappa shape index (κ2) is 7.12. The van der Waals surface area contributed by atoms with Gasteiger partial charge in [0.1, 0.15) is 5.67 Å². The van der Waals surface area contributed by atoms with Crippen molar-refractivity contribution < 1.29 is 9.18 Å². The molecule has 0 bridgehead atoms. The van der Waals surface area contributed by atoms with Crippen molar-refractivity contribution in [2.75, 3.05) is 19.6 Å². The topological polar surface area (TPSA) is 23.6 Å². The van der Waals surface area contributed by atoms with Gasteiger partial charge in [0.25, 0.3) is 0 Å². The number of benzene rings is 1. The molecular weight excluding hydrogens is 351 g/mol. The van der Waals surface area contributed by atoms with Crippen LogP contribution >= 0.6 is 11.6 Å². The number of likely N-dealkylation sites (tertiary alicyclic amines) is 2. The summed E-state index contributed by atoms with van der Waals surface area (Å²) in [5, 5.41) is 0.646. The van der Waals surface area contributed by atoms with Gasteiger partial charge in [0.05, 0.1) is 0 Å². The van der Waals surface area contributed by atoms with Crippen LogP contribution in [0.15, 0.2) is 18.2 Å². The summed E-state index contributed by atoms with van der Waals surface area (Å²) in [7, 11) is 0. The molecule has 1 unspecified atom stereocenters. The van der Waals surface area contributed by atoms with Crippen LogP contribution in [-0.4, -0.2) is 41.4 Å². The van der Waals surface area contributed by atoms with E-state index in [1.54, 1.807) is 6.07 Å². The second-order valence-electron chi connectivity index (χ2n) is 8.37. The molecule has 2 saturated heterocycles. The molecule has 0 aromatic heterocycles. The fourth-order valence-corrected chi connectivity index (χ4v) is 4.97. The molecule has 0 N–H and O–H groups in total. The van der Waals surface area contributed by atoms with Crippen LogP contribution in [0.3, 0.4) is 0 Å². The smallest absolute Gasteiger partial charge is 0.225 e. The van der Waals surface area contributed by atoms with Gasteiger partial charge in [0.15, 0.2) is 0 Å². The van der Waals surface area contributed by atoms with Crippen molar-refractivity contribution in [3.8, 4) is 0 Å². The molecule has 1 saturated carbocycles. The minimum atomic E-state index is -1.40. The van der Waals surface area contributed by atoms with E-state index in [0.717, 1.165) is 44.6 Å². The average Bonchev–Trinajstić information content (AvgIpc) is 3.25. The van der Waals surface area contributed by atoms with Gasteiger partial charge in [-0.1, -0.05) is 23.7 Å². The van der Waals surface area contributed by atoms with Crippen LogP contribution in [0.25, 0.3) is 0 Å². The third-order valence-electron chi connectivity index (χ3n) is 6.54. The van der Waals surface area contributed by atoms with E-state index in [4.69, 9.17) is 11.6 Å². The molecule has 1 aromatic rings. The van der Waals surface area contributed by atoms with Crippen LogP contribution in [0.4, 0.5) is 4.39 Å². The number of rotatable bonds is 4. The maximum atomic E-state index is 15.3. The first-order valence-electron chi connectivity index (χ1n) is 9.97. The quantitative estimate of drug-likeness (QED) is 0.768. The standard InChI is InChI=1S/C21H28ClFN2O/c1-15-5-4-10-25(15)14-16-6-7-18(11-19(16)22)21(23)12-17(13-21)20(26)24-8-2-3-9-24/h6-7,11,15,17H,2-5,8-10,12-14H2,1H3. The first-order chi connectivity index (χ1) is 12.5. The van der Waals surface area contributed by atoms with E-state index in [9.17, 15) is 4.79 Å². The van der Waals surface area contributed by atoms with Crippen molar-refractivity contribution >= 4 is 17.5 Å². The Bertz CT molecular complexity index is 683. The summed E-state index contributed by atoms with van der Waals surface area (Å²) in [6.45, 7) is 5.86. The third kappa shape index (κ3) is 3.38. The van der Waals surface area contributed by atoms with Gasteiger partial charge in [-0.2, -0.15) is 0 Å². The molecule has 3 fully saturated rings. The number of carbonyl (C=O) groups is 1. The lowest BCUT2D eigenvalue weighted by Crippen LogP contribution is -2.46. The molecule has 2 aliphatic heterocycles. The summed E-state index contributed by atoms with van der Waals surface area (Å²) >= 11 is 6.48. The third-order valence-corrected chi connectivity index (χ3v) is 6.89. The lowest BCUT2D eigenvalue weighted by molar-refractivity contribution is -0.144. The molecule has 5 heteroatoms. The highest BCUT2D eigenvalue weighted by atomic mass is 35.5. The molecule has 1 aromatic carbocycles. The lowest BCUT2D eigenvalue weighted by atomic mass is 9.68. The van der Waals surface area contributed by atoms with Crippen LogP contribution in [-0.2, 0) is 17.0 Å². The Balaban J connectivity index is 1.40. The van der Waals surface area contributed by atoms with E-state index >= 15 is 4.39 Å². The zero-order valence-electron chi connectivity index (χ0n) is 15.5. The summed E-state index contributed by atoms with van der Waals surface area (Å²) in [5.74, 6) is -0.0245. The molecular formula is C21H28ClFN2O. The van der Waals surface area contributed by atoms with Gasteiger partial charge >= 0.3 is 0 Å². The van der Waals surface area contributed by atoms with E-state index in [1.807, 2.05) is 17.0 Å². The molecule has 4 rings (SSSR count). The molecule has 3 aliphatic rings. The van der Waals surface area contributed by atoms with Crippen LogP contribution in [0.2, 0.25) is 5.02 Å². The SMILES string of the molecule is CC1CCCN1Cc1ccc(C2(F)CC(C(=O)N3CCCC3)C2)cc1Cl. The normalized spacial score (nSPS) is 32.0. The minimum absolute atomic E-state index is 0.140. The zero-order valence-corrected chi connectivity index (χ0v) is 16.3. The highest BCUT2D eigenvalue weighted by molar-refractivity contribution is 6.31. The van der Waals surface area contributed by atoms with E-state index < -0.39 is 5.67 Å². The van der Waals surface area contributed by atoms with Gasteiger partial charge in [0.2, 0.25) is 5.91 Å². The second-order valence-corrected chi connectivity index (χ2v) is 8.78. The average molecular weight is 379 g/mol. The Labute approximate surface area is 160 Å². The fourth-order valence-electron chi connectivity index (χ4n) is 4.73. The number of halogens is 2. The number of amides is 1. The van der Waals surface area contributed by atoms with Crippen molar-refractivity contribution in [1.82, 2.24) is 9.80 Å². The summed E-state index contributed by atoms with van der Waals surface area (Å²) in [6, 6.07) is 6.22. The number of carbonyl (C=O) groups excluding carboxylic acids is 1. The predicted molar refractivity (Wildman–Crippen MR) is 102 cm³/mol. The van der Waals surface area contributed by atoms with Gasteiger partial charge in [-0.15, -0.1) is 0 Å². The molecule has 142 valence electrons. The Morgan fingerprint density at radius 1 is 1.23 bits per heavy atom. The number of nitrogens with zero attached hydrogens (tertiary/aromatic N) is 2. The Hall–Kier alpha value is -1.13. The molecule has 2 heterocycles. The van der Waals surface area contributed by atoms with Crippen molar-refractivity contribution in [2.45, 2.75) is 63.7 Å². The summed E-state index contributed by atoms with van der Waals surface area (Å²) in [6.07, 6.45) is 5.20. The van der Waals surface area contributed by atoms with Crippen LogP contribution in [0, 0.1) is 5.92 Å². The predicted octanol–water partition coefficient (Wildman–Crippen LogP) is 4.52. The van der Waals surface area contributed by atoms with Crippen molar-refractivity contribution in [3.05, 3.63) is 34.3 Å². The molecule has 0 radical (unpaired) electrons. The van der Waals surface area contributed by atoms with Gasteiger partial charge in [-0.3, -0.25) is 9.69 Å². The Morgan fingerprint density at radius 2 is 1.96 bits per heavy atom. The maximum absolute atomic E-state index is 15.3. The van der Waals surface area contributed by atoms with Crippen molar-refractivity contribution in [1.29, 1.82) is 0 Å². The Kier molecular flexibility index (Phi) is 5.00. The number of alkyl halides is 1. The first kappa shape index (κ1) is 18.2. The first-order valence-corrected chi connectivity index (χ1v) is 10.3. The van der Waals surface area contributed by atoms with Gasteiger partial charge in [0, 0.05) is 36.6 Å². The van der Waals surface area contributed by atoms with Gasteiger partial charge < -0.3 is 4.90 Å². The van der Waals surface area contributed by atoms with E-state index in [-0.39, 0.29) is 11.8 Å². The molecule has 26 heavy (non-hydrogen) atoms. The van der Waals surface area contributed by atoms with Crippen LogP contribution < -0.4 is 0 Å². The highest BCUT2D eigenvalue weighted by Gasteiger charge is 2.50. The molecule has 0 spiro atoms. The van der Waals surface area contributed by atoms with Crippen molar-refractivity contribution in [2.24, 2.45) is 5.92 Å². The molecule has 1 aliphatic carbocycles. The molecule has 1 atom stereocenters. The highest BCUT2D eigenvalue weighted by Crippen LogP contribution is 2.50. The molecule has 3 nitrogen and oxygen atoms in total. The van der Waals surface area contributed by atoms with Crippen molar-refractivity contribution in [3.63, 3.8) is 0 Å². The summed E-state index contributed by atoms with van der Waals surface area (Å²) < 4.78 is 15.3. The monoisotopic (exact) mass is 378 g/mol. The van der Waals surface area contributed by atoms with E-state index in [1.165, 1.54) is 12.8 Å². The van der Waals surface area contributed by atoms with Crippen LogP contribution in [0.1, 0.15) is 56.6 Å². The summed E-state index contributed by atoms with van der Waals surface area (Å²) in [5.41, 5.74) is 0.298. The van der Waals surface area contributed by atoms with Gasteiger partial charge in [-0.25, -0.2) is 4.39 Å².